The van der Waals surface area contributed by atoms with E-state index in [-0.39, 0.29) is 0 Å². The van der Waals surface area contributed by atoms with Gasteiger partial charge in [0.1, 0.15) is 5.75 Å². The van der Waals surface area contributed by atoms with E-state index >= 15 is 0 Å². The molecule has 2 aromatic carbocycles. The summed E-state index contributed by atoms with van der Waals surface area (Å²) in [4.78, 5) is 1.27. The van der Waals surface area contributed by atoms with Gasteiger partial charge in [-0.3, -0.25) is 0 Å². The van der Waals surface area contributed by atoms with Crippen LogP contribution in [-0.2, 0) is 6.42 Å². The third-order valence-corrected chi connectivity index (χ3v) is 3.82. The van der Waals surface area contributed by atoms with Crippen LogP contribution in [0.25, 0.3) is 0 Å². The highest BCUT2D eigenvalue weighted by Gasteiger charge is 1.97. The normalized spacial score (nSPS) is 10.0. The van der Waals surface area contributed by atoms with Crippen molar-refractivity contribution in [1.82, 2.24) is 0 Å². The van der Waals surface area contributed by atoms with Gasteiger partial charge in [0.25, 0.3) is 0 Å². The third-order valence-electron chi connectivity index (χ3n) is 2.85. The molecule has 20 heavy (non-hydrogen) atoms. The number of rotatable bonds is 6. The Labute approximate surface area is 124 Å². The van der Waals surface area contributed by atoms with Crippen LogP contribution in [0.4, 0.5) is 0 Å². The van der Waals surface area contributed by atoms with Crippen molar-refractivity contribution in [1.29, 1.82) is 5.26 Å². The molecule has 0 saturated carbocycles. The van der Waals surface area contributed by atoms with Gasteiger partial charge < -0.3 is 4.74 Å². The molecule has 0 saturated heterocycles. The van der Waals surface area contributed by atoms with E-state index in [1.54, 1.807) is 11.8 Å². The van der Waals surface area contributed by atoms with Crippen LogP contribution in [0.2, 0.25) is 0 Å². The van der Waals surface area contributed by atoms with Crippen molar-refractivity contribution in [3.63, 3.8) is 0 Å². The minimum absolute atomic E-state index is 0.448. The van der Waals surface area contributed by atoms with Crippen LogP contribution in [0, 0.1) is 18.3 Å². The summed E-state index contributed by atoms with van der Waals surface area (Å²) in [5.74, 6) is 1.78. The lowest BCUT2D eigenvalue weighted by Crippen LogP contribution is -2.00. The fraction of sp³-hybridized carbons (Fsp3) is 0.235. The summed E-state index contributed by atoms with van der Waals surface area (Å²) >= 11 is 1.79. The molecule has 102 valence electrons. The first-order valence-corrected chi connectivity index (χ1v) is 7.54. The Morgan fingerprint density at radius 3 is 2.40 bits per heavy atom. The lowest BCUT2D eigenvalue weighted by Gasteiger charge is -2.06. The quantitative estimate of drug-likeness (QED) is 0.587. The van der Waals surface area contributed by atoms with E-state index in [1.165, 1.54) is 10.5 Å². The monoisotopic (exact) mass is 283 g/mol. The zero-order valence-electron chi connectivity index (χ0n) is 11.5. The fourth-order valence-corrected chi connectivity index (χ4v) is 2.48. The molecule has 2 nitrogen and oxygen atoms in total. The van der Waals surface area contributed by atoms with Crippen LogP contribution < -0.4 is 4.74 Å². The highest BCUT2D eigenvalue weighted by atomic mass is 32.2. The maximum atomic E-state index is 8.60. The molecule has 0 heterocycles. The number of aryl methyl sites for hydroxylation is 1. The molecule has 0 radical (unpaired) electrons. The standard InChI is InChI=1S/C17H17NOS/c1-14-2-8-17(9-3-14)20-13-12-19-16-6-4-15(5-7-16)10-11-18/h2-9H,10,12-13H2,1H3. The number of nitrogens with zero attached hydrogens (tertiary/aromatic N) is 1. The third kappa shape index (κ3) is 4.64. The van der Waals surface area contributed by atoms with Gasteiger partial charge in [-0.15, -0.1) is 11.8 Å². The Hall–Kier alpha value is -1.92. The first kappa shape index (κ1) is 14.5. The van der Waals surface area contributed by atoms with Gasteiger partial charge in [-0.25, -0.2) is 0 Å². The van der Waals surface area contributed by atoms with Crippen LogP contribution in [0.5, 0.6) is 5.75 Å². The van der Waals surface area contributed by atoms with E-state index in [2.05, 4.69) is 37.3 Å². The Bertz CT molecular complexity index is 569. The number of ether oxygens (including phenoxy) is 1. The summed E-state index contributed by atoms with van der Waals surface area (Å²) in [6, 6.07) is 18.4. The molecule has 2 rings (SSSR count). The predicted octanol–water partition coefficient (Wildman–Crippen LogP) is 4.23. The van der Waals surface area contributed by atoms with Gasteiger partial charge in [0.2, 0.25) is 0 Å². The summed E-state index contributed by atoms with van der Waals surface area (Å²) < 4.78 is 5.68. The highest BCUT2D eigenvalue weighted by molar-refractivity contribution is 7.99. The van der Waals surface area contributed by atoms with Crippen molar-refractivity contribution in [2.45, 2.75) is 18.2 Å². The van der Waals surface area contributed by atoms with Crippen molar-refractivity contribution >= 4 is 11.8 Å². The van der Waals surface area contributed by atoms with Gasteiger partial charge >= 0.3 is 0 Å². The molecular formula is C17H17NOS. The molecule has 0 atom stereocenters. The second-order valence-corrected chi connectivity index (χ2v) is 5.66. The Morgan fingerprint density at radius 2 is 1.75 bits per heavy atom. The van der Waals surface area contributed by atoms with E-state index < -0.39 is 0 Å². The number of hydrogen-bond acceptors (Lipinski definition) is 3. The zero-order valence-corrected chi connectivity index (χ0v) is 12.3. The van der Waals surface area contributed by atoms with Crippen molar-refractivity contribution in [3.05, 3.63) is 59.7 Å². The summed E-state index contributed by atoms with van der Waals surface area (Å²) in [6.45, 7) is 2.77. The maximum absolute atomic E-state index is 8.60. The summed E-state index contributed by atoms with van der Waals surface area (Å²) in [5.41, 5.74) is 2.30. The maximum Gasteiger partial charge on any atom is 0.119 e. The average Bonchev–Trinajstić information content (AvgIpc) is 2.47. The molecule has 0 aliphatic carbocycles. The number of nitriles is 1. The molecule has 0 aromatic heterocycles. The van der Waals surface area contributed by atoms with Gasteiger partial charge in [0.05, 0.1) is 19.1 Å². The van der Waals surface area contributed by atoms with Gasteiger partial charge in [-0.05, 0) is 36.8 Å². The highest BCUT2D eigenvalue weighted by Crippen LogP contribution is 2.19. The Kier molecular flexibility index (Phi) is 5.52. The SMILES string of the molecule is Cc1ccc(SCCOc2ccc(CC#N)cc2)cc1. The molecule has 0 fully saturated rings. The van der Waals surface area contributed by atoms with Crippen molar-refractivity contribution in [3.8, 4) is 11.8 Å². The number of hydrogen-bond donors (Lipinski definition) is 0. The second kappa shape index (κ2) is 7.62. The largest absolute Gasteiger partial charge is 0.493 e. The molecule has 2 aromatic rings. The van der Waals surface area contributed by atoms with Crippen molar-refractivity contribution in [2.75, 3.05) is 12.4 Å². The molecule has 0 N–H and O–H groups in total. The lowest BCUT2D eigenvalue weighted by atomic mass is 10.2. The molecule has 0 aliphatic rings. The second-order valence-electron chi connectivity index (χ2n) is 4.49. The number of benzene rings is 2. The lowest BCUT2D eigenvalue weighted by molar-refractivity contribution is 0.344. The smallest absolute Gasteiger partial charge is 0.119 e. The van der Waals surface area contributed by atoms with Gasteiger partial charge in [-0.2, -0.15) is 5.26 Å². The molecular weight excluding hydrogens is 266 g/mol. The van der Waals surface area contributed by atoms with Crippen molar-refractivity contribution in [2.24, 2.45) is 0 Å². The minimum Gasteiger partial charge on any atom is -0.493 e. The van der Waals surface area contributed by atoms with Gasteiger partial charge in [-0.1, -0.05) is 29.8 Å². The summed E-state index contributed by atoms with van der Waals surface area (Å²) in [6.07, 6.45) is 0.448. The Balaban J connectivity index is 1.73. The van der Waals surface area contributed by atoms with Crippen molar-refractivity contribution < 1.29 is 4.74 Å². The molecule has 0 aliphatic heterocycles. The van der Waals surface area contributed by atoms with Crippen LogP contribution in [0.15, 0.2) is 53.4 Å². The topological polar surface area (TPSA) is 33.0 Å². The molecule has 0 amide bonds. The van der Waals surface area contributed by atoms with E-state index in [0.717, 1.165) is 17.1 Å². The van der Waals surface area contributed by atoms with Crippen LogP contribution in [0.1, 0.15) is 11.1 Å². The van der Waals surface area contributed by atoms with E-state index in [4.69, 9.17) is 10.00 Å². The fourth-order valence-electron chi connectivity index (χ4n) is 1.75. The first-order chi connectivity index (χ1) is 9.78. The zero-order chi connectivity index (χ0) is 14.2. The molecule has 0 spiro atoms. The van der Waals surface area contributed by atoms with Crippen LogP contribution in [0.3, 0.4) is 0 Å². The van der Waals surface area contributed by atoms with E-state index in [0.29, 0.717) is 13.0 Å². The Morgan fingerprint density at radius 1 is 1.05 bits per heavy atom. The van der Waals surface area contributed by atoms with E-state index in [1.807, 2.05) is 24.3 Å². The summed E-state index contributed by atoms with van der Waals surface area (Å²) in [7, 11) is 0. The molecule has 0 unspecified atom stereocenters. The summed E-state index contributed by atoms with van der Waals surface area (Å²) in [5, 5.41) is 8.60. The minimum atomic E-state index is 0.448. The average molecular weight is 283 g/mol. The number of thioether (sulfide) groups is 1. The van der Waals surface area contributed by atoms with Gasteiger partial charge in [0, 0.05) is 10.6 Å². The predicted molar refractivity (Wildman–Crippen MR) is 83.2 cm³/mol. The van der Waals surface area contributed by atoms with E-state index in [9.17, 15) is 0 Å². The van der Waals surface area contributed by atoms with Crippen LogP contribution in [-0.4, -0.2) is 12.4 Å². The molecule has 0 bridgehead atoms. The van der Waals surface area contributed by atoms with Crippen LogP contribution >= 0.6 is 11.8 Å². The van der Waals surface area contributed by atoms with Gasteiger partial charge in [0.15, 0.2) is 0 Å². The molecule has 3 heteroatoms. The first-order valence-electron chi connectivity index (χ1n) is 6.56.